The smallest absolute Gasteiger partial charge is 0.234 e. The first-order valence-corrected chi connectivity index (χ1v) is 9.25. The zero-order valence-electron chi connectivity index (χ0n) is 14.4. The quantitative estimate of drug-likeness (QED) is 0.653. The number of halogens is 1. The number of carbonyl (C=O) groups is 1. The summed E-state index contributed by atoms with van der Waals surface area (Å²) in [5.74, 6) is 0.127. The van der Waals surface area contributed by atoms with Gasteiger partial charge in [-0.05, 0) is 42.5 Å². The van der Waals surface area contributed by atoms with Crippen molar-refractivity contribution in [3.63, 3.8) is 0 Å². The van der Waals surface area contributed by atoms with E-state index in [4.69, 9.17) is 11.6 Å². The highest BCUT2D eigenvalue weighted by Gasteiger charge is 2.11. The third-order valence-corrected chi connectivity index (χ3v) is 4.78. The fourth-order valence-corrected chi connectivity index (χ4v) is 3.21. The summed E-state index contributed by atoms with van der Waals surface area (Å²) < 4.78 is 1.80. The molecule has 0 radical (unpaired) electrons. The number of hydrogen-bond acceptors (Lipinski definition) is 5. The van der Waals surface area contributed by atoms with Gasteiger partial charge < -0.3 is 10.2 Å². The maximum Gasteiger partial charge on any atom is 0.234 e. The van der Waals surface area contributed by atoms with Crippen molar-refractivity contribution in [1.29, 1.82) is 0 Å². The molecule has 0 saturated carbocycles. The molecule has 1 heterocycles. The molecular formula is C18H18ClN5OS. The summed E-state index contributed by atoms with van der Waals surface area (Å²) in [6.07, 6.45) is 1.60. The molecule has 0 spiro atoms. The number of thioether (sulfide) groups is 1. The maximum atomic E-state index is 12.2. The van der Waals surface area contributed by atoms with Gasteiger partial charge in [0.2, 0.25) is 5.91 Å². The Labute approximate surface area is 161 Å². The molecule has 134 valence electrons. The summed E-state index contributed by atoms with van der Waals surface area (Å²) in [4.78, 5) is 14.2. The minimum absolute atomic E-state index is 0.103. The second kappa shape index (κ2) is 8.25. The van der Waals surface area contributed by atoms with Crippen molar-refractivity contribution in [3.8, 4) is 5.69 Å². The Morgan fingerprint density at radius 3 is 2.69 bits per heavy atom. The predicted molar refractivity (Wildman–Crippen MR) is 106 cm³/mol. The van der Waals surface area contributed by atoms with Gasteiger partial charge in [-0.1, -0.05) is 29.4 Å². The Kier molecular flexibility index (Phi) is 5.80. The van der Waals surface area contributed by atoms with E-state index in [9.17, 15) is 4.79 Å². The van der Waals surface area contributed by atoms with E-state index >= 15 is 0 Å². The second-order valence-corrected chi connectivity index (χ2v) is 7.12. The first kappa shape index (κ1) is 18.3. The topological polar surface area (TPSA) is 63.1 Å². The number of anilines is 2. The first-order chi connectivity index (χ1) is 12.5. The average Bonchev–Trinajstić information content (AvgIpc) is 3.09. The Morgan fingerprint density at radius 2 is 2.00 bits per heavy atom. The van der Waals surface area contributed by atoms with Crippen LogP contribution < -0.4 is 10.2 Å². The van der Waals surface area contributed by atoms with Crippen LogP contribution in [0, 0.1) is 0 Å². The van der Waals surface area contributed by atoms with Gasteiger partial charge in [0, 0.05) is 30.5 Å². The Morgan fingerprint density at radius 1 is 1.23 bits per heavy atom. The molecular weight excluding hydrogens is 370 g/mol. The fraction of sp³-hybridized carbons (Fsp3) is 0.167. The van der Waals surface area contributed by atoms with Crippen molar-refractivity contribution in [3.05, 3.63) is 59.9 Å². The molecule has 1 aromatic heterocycles. The minimum Gasteiger partial charge on any atom is -0.378 e. The largest absolute Gasteiger partial charge is 0.378 e. The number of nitrogens with one attached hydrogen (secondary N) is 1. The van der Waals surface area contributed by atoms with Gasteiger partial charge in [-0.2, -0.15) is 0 Å². The van der Waals surface area contributed by atoms with E-state index in [-0.39, 0.29) is 11.7 Å². The van der Waals surface area contributed by atoms with Crippen molar-refractivity contribution in [2.24, 2.45) is 0 Å². The lowest BCUT2D eigenvalue weighted by Crippen LogP contribution is -2.15. The van der Waals surface area contributed by atoms with Gasteiger partial charge in [-0.15, -0.1) is 10.2 Å². The highest BCUT2D eigenvalue weighted by molar-refractivity contribution is 7.99. The van der Waals surface area contributed by atoms with E-state index in [0.717, 1.165) is 17.1 Å². The van der Waals surface area contributed by atoms with Crippen LogP contribution in [-0.2, 0) is 4.79 Å². The molecule has 0 aliphatic heterocycles. The number of nitrogens with zero attached hydrogens (tertiary/aromatic N) is 4. The van der Waals surface area contributed by atoms with Crippen LogP contribution in [0.5, 0.6) is 0 Å². The standard InChI is InChI=1S/C18H18ClN5OS/c1-23(2)15-8-6-14(7-9-15)21-17(25)11-26-18-22-20-12-24(18)16-5-3-4-13(19)10-16/h3-10,12H,11H2,1-2H3,(H,21,25). The van der Waals surface area contributed by atoms with Crippen molar-refractivity contribution >= 4 is 40.6 Å². The van der Waals surface area contributed by atoms with E-state index in [1.165, 1.54) is 11.8 Å². The summed E-state index contributed by atoms with van der Waals surface area (Å²) in [5.41, 5.74) is 2.69. The number of hydrogen-bond donors (Lipinski definition) is 1. The molecule has 0 aliphatic carbocycles. The third kappa shape index (κ3) is 4.56. The molecule has 0 bridgehead atoms. The normalized spacial score (nSPS) is 10.6. The van der Waals surface area contributed by atoms with E-state index in [1.54, 1.807) is 17.0 Å². The Hall–Kier alpha value is -2.51. The van der Waals surface area contributed by atoms with Crippen LogP contribution in [0.15, 0.2) is 60.0 Å². The molecule has 3 aromatic rings. The third-order valence-electron chi connectivity index (χ3n) is 3.60. The second-order valence-electron chi connectivity index (χ2n) is 5.74. The molecule has 6 nitrogen and oxygen atoms in total. The molecule has 1 N–H and O–H groups in total. The summed E-state index contributed by atoms with van der Waals surface area (Å²) in [6.45, 7) is 0. The number of carbonyl (C=O) groups excluding carboxylic acids is 1. The van der Waals surface area contributed by atoms with Crippen LogP contribution in [-0.4, -0.2) is 40.5 Å². The van der Waals surface area contributed by atoms with Crippen molar-refractivity contribution < 1.29 is 4.79 Å². The highest BCUT2D eigenvalue weighted by atomic mass is 35.5. The molecule has 2 aromatic carbocycles. The van der Waals surface area contributed by atoms with E-state index in [2.05, 4.69) is 15.5 Å². The van der Waals surface area contributed by atoms with Gasteiger partial charge in [-0.25, -0.2) is 0 Å². The zero-order chi connectivity index (χ0) is 18.5. The molecule has 0 atom stereocenters. The molecule has 26 heavy (non-hydrogen) atoms. The molecule has 3 rings (SSSR count). The predicted octanol–water partition coefficient (Wildman–Crippen LogP) is 3.72. The Bertz CT molecular complexity index is 895. The number of aromatic nitrogens is 3. The summed E-state index contributed by atoms with van der Waals surface area (Å²) in [7, 11) is 3.95. The number of rotatable bonds is 6. The monoisotopic (exact) mass is 387 g/mol. The lowest BCUT2D eigenvalue weighted by molar-refractivity contribution is -0.113. The van der Waals surface area contributed by atoms with E-state index in [1.807, 2.05) is 61.5 Å². The lowest BCUT2D eigenvalue weighted by Gasteiger charge is -2.13. The summed E-state index contributed by atoms with van der Waals surface area (Å²) in [5, 5.41) is 12.2. The van der Waals surface area contributed by atoms with Crippen LogP contribution in [0.25, 0.3) is 5.69 Å². The fourth-order valence-electron chi connectivity index (χ4n) is 2.30. The van der Waals surface area contributed by atoms with Gasteiger partial charge >= 0.3 is 0 Å². The molecule has 8 heteroatoms. The maximum absolute atomic E-state index is 12.2. The van der Waals surface area contributed by atoms with Gasteiger partial charge in [0.1, 0.15) is 6.33 Å². The molecule has 1 amide bonds. The van der Waals surface area contributed by atoms with Gasteiger partial charge in [0.05, 0.1) is 11.4 Å². The number of benzene rings is 2. The molecule has 0 unspecified atom stereocenters. The Balaban J connectivity index is 1.61. The van der Waals surface area contributed by atoms with Gasteiger partial charge in [0.25, 0.3) is 0 Å². The minimum atomic E-state index is -0.103. The molecule has 0 aliphatic rings. The SMILES string of the molecule is CN(C)c1ccc(NC(=O)CSc2nncn2-c2cccc(Cl)c2)cc1. The highest BCUT2D eigenvalue weighted by Crippen LogP contribution is 2.22. The average molecular weight is 388 g/mol. The van der Waals surface area contributed by atoms with Gasteiger partial charge in [-0.3, -0.25) is 9.36 Å². The zero-order valence-corrected chi connectivity index (χ0v) is 16.0. The van der Waals surface area contributed by atoms with Crippen LogP contribution in [0.2, 0.25) is 5.02 Å². The van der Waals surface area contributed by atoms with Crippen molar-refractivity contribution in [1.82, 2.24) is 14.8 Å². The van der Waals surface area contributed by atoms with E-state index < -0.39 is 0 Å². The van der Waals surface area contributed by atoms with Crippen molar-refractivity contribution in [2.45, 2.75) is 5.16 Å². The van der Waals surface area contributed by atoms with Crippen LogP contribution >= 0.6 is 23.4 Å². The van der Waals surface area contributed by atoms with Crippen LogP contribution in [0.4, 0.5) is 11.4 Å². The first-order valence-electron chi connectivity index (χ1n) is 7.89. The molecule has 0 saturated heterocycles. The number of amides is 1. The summed E-state index contributed by atoms with van der Waals surface area (Å²) >= 11 is 7.35. The van der Waals surface area contributed by atoms with Crippen LogP contribution in [0.3, 0.4) is 0 Å². The lowest BCUT2D eigenvalue weighted by atomic mass is 10.2. The van der Waals surface area contributed by atoms with Crippen LogP contribution in [0.1, 0.15) is 0 Å². The van der Waals surface area contributed by atoms with Crippen molar-refractivity contribution in [2.75, 3.05) is 30.1 Å². The summed E-state index contributed by atoms with van der Waals surface area (Å²) in [6, 6.07) is 15.1. The van der Waals surface area contributed by atoms with E-state index in [0.29, 0.717) is 10.2 Å². The molecule has 0 fully saturated rings. The van der Waals surface area contributed by atoms with Gasteiger partial charge in [0.15, 0.2) is 5.16 Å².